The van der Waals surface area contributed by atoms with Crippen LogP contribution in [0.15, 0.2) is 53.1 Å². The van der Waals surface area contributed by atoms with E-state index in [-0.39, 0.29) is 12.3 Å². The lowest BCUT2D eigenvalue weighted by atomic mass is 10.1. The van der Waals surface area contributed by atoms with Crippen molar-refractivity contribution in [3.63, 3.8) is 0 Å². The van der Waals surface area contributed by atoms with Gasteiger partial charge < -0.3 is 15.6 Å². The molecule has 0 bridgehead atoms. The van der Waals surface area contributed by atoms with Crippen LogP contribution in [0, 0.1) is 0 Å². The van der Waals surface area contributed by atoms with E-state index in [9.17, 15) is 4.79 Å². The van der Waals surface area contributed by atoms with Gasteiger partial charge in [0.05, 0.1) is 6.42 Å². The molecule has 1 heterocycles. The predicted octanol–water partition coefficient (Wildman–Crippen LogP) is 2.59. The SMILES string of the molecule is Nc1cccc(NC(=O)Cc2noc3ccccc23)c1. The second kappa shape index (κ2) is 5.05. The summed E-state index contributed by atoms with van der Waals surface area (Å²) in [5.74, 6) is -0.158. The van der Waals surface area contributed by atoms with Crippen molar-refractivity contribution in [2.45, 2.75) is 6.42 Å². The number of hydrogen-bond donors (Lipinski definition) is 2. The molecule has 0 aliphatic rings. The Morgan fingerprint density at radius 2 is 2.05 bits per heavy atom. The second-order valence-corrected chi connectivity index (χ2v) is 4.48. The Bertz CT molecular complexity index is 764. The van der Waals surface area contributed by atoms with Crippen LogP contribution < -0.4 is 11.1 Å². The van der Waals surface area contributed by atoms with Crippen LogP contribution in [0.2, 0.25) is 0 Å². The van der Waals surface area contributed by atoms with Crippen molar-refractivity contribution in [3.05, 3.63) is 54.2 Å². The Labute approximate surface area is 115 Å². The number of carbonyl (C=O) groups excluding carboxylic acids is 1. The van der Waals surface area contributed by atoms with Crippen molar-refractivity contribution < 1.29 is 9.32 Å². The Kier molecular flexibility index (Phi) is 3.09. The van der Waals surface area contributed by atoms with Crippen LogP contribution in [-0.4, -0.2) is 11.1 Å². The molecule has 0 spiro atoms. The second-order valence-electron chi connectivity index (χ2n) is 4.48. The number of benzene rings is 2. The molecule has 1 amide bonds. The third-order valence-corrected chi connectivity index (χ3v) is 2.95. The number of fused-ring (bicyclic) bond motifs is 1. The van der Waals surface area contributed by atoms with Crippen LogP contribution >= 0.6 is 0 Å². The summed E-state index contributed by atoms with van der Waals surface area (Å²) in [5.41, 5.74) is 8.25. The number of hydrogen-bond acceptors (Lipinski definition) is 4. The van der Waals surface area contributed by atoms with Gasteiger partial charge in [0.15, 0.2) is 5.58 Å². The molecule has 3 N–H and O–H groups in total. The van der Waals surface area contributed by atoms with Crippen molar-refractivity contribution in [2.75, 3.05) is 11.1 Å². The number of nitrogens with one attached hydrogen (secondary N) is 1. The van der Waals surface area contributed by atoms with Gasteiger partial charge in [-0.1, -0.05) is 23.4 Å². The molecule has 0 aliphatic heterocycles. The zero-order valence-electron chi connectivity index (χ0n) is 10.7. The maximum atomic E-state index is 12.0. The minimum Gasteiger partial charge on any atom is -0.399 e. The lowest BCUT2D eigenvalue weighted by Gasteiger charge is -2.04. The number of para-hydroxylation sites is 1. The molecule has 0 unspecified atom stereocenters. The van der Waals surface area contributed by atoms with Gasteiger partial charge in [0.25, 0.3) is 0 Å². The van der Waals surface area contributed by atoms with E-state index < -0.39 is 0 Å². The highest BCUT2D eigenvalue weighted by Crippen LogP contribution is 2.19. The fourth-order valence-electron chi connectivity index (χ4n) is 2.04. The molecular weight excluding hydrogens is 254 g/mol. The van der Waals surface area contributed by atoms with E-state index in [1.165, 1.54) is 0 Å². The highest BCUT2D eigenvalue weighted by atomic mass is 16.5. The summed E-state index contributed by atoms with van der Waals surface area (Å²) in [5, 5.41) is 7.58. The summed E-state index contributed by atoms with van der Waals surface area (Å²) in [6.07, 6.45) is 0.159. The predicted molar refractivity (Wildman–Crippen MR) is 77.2 cm³/mol. The van der Waals surface area contributed by atoms with Crippen LogP contribution in [0.25, 0.3) is 11.0 Å². The molecule has 20 heavy (non-hydrogen) atoms. The van der Waals surface area contributed by atoms with Crippen LogP contribution in [0.5, 0.6) is 0 Å². The molecule has 1 aromatic heterocycles. The molecule has 0 saturated heterocycles. The Hall–Kier alpha value is -2.82. The zero-order chi connectivity index (χ0) is 13.9. The summed E-state index contributed by atoms with van der Waals surface area (Å²) in [6, 6.07) is 14.5. The summed E-state index contributed by atoms with van der Waals surface area (Å²) < 4.78 is 5.17. The topological polar surface area (TPSA) is 81.1 Å². The molecule has 0 radical (unpaired) electrons. The molecule has 0 fully saturated rings. The lowest BCUT2D eigenvalue weighted by Crippen LogP contribution is -2.14. The van der Waals surface area contributed by atoms with Gasteiger partial charge in [0.1, 0.15) is 5.69 Å². The molecule has 100 valence electrons. The first-order chi connectivity index (χ1) is 9.72. The van der Waals surface area contributed by atoms with Crippen LogP contribution in [0.4, 0.5) is 11.4 Å². The number of anilines is 2. The summed E-state index contributed by atoms with van der Waals surface area (Å²) >= 11 is 0. The number of carbonyl (C=O) groups is 1. The minimum absolute atomic E-state index is 0.158. The van der Waals surface area contributed by atoms with Crippen molar-refractivity contribution in [3.8, 4) is 0 Å². The normalized spacial score (nSPS) is 10.6. The van der Waals surface area contributed by atoms with E-state index in [0.29, 0.717) is 22.7 Å². The molecule has 3 aromatic rings. The quantitative estimate of drug-likeness (QED) is 0.715. The molecule has 5 nitrogen and oxygen atoms in total. The Morgan fingerprint density at radius 3 is 2.90 bits per heavy atom. The molecule has 5 heteroatoms. The van der Waals surface area contributed by atoms with Gasteiger partial charge in [-0.3, -0.25) is 4.79 Å². The Balaban J connectivity index is 1.76. The van der Waals surface area contributed by atoms with Crippen molar-refractivity contribution in [1.29, 1.82) is 0 Å². The van der Waals surface area contributed by atoms with Gasteiger partial charge in [-0.2, -0.15) is 0 Å². The van der Waals surface area contributed by atoms with Gasteiger partial charge >= 0.3 is 0 Å². The van der Waals surface area contributed by atoms with Gasteiger partial charge in [-0.15, -0.1) is 0 Å². The maximum Gasteiger partial charge on any atom is 0.230 e. The van der Waals surface area contributed by atoms with E-state index in [0.717, 1.165) is 5.39 Å². The highest BCUT2D eigenvalue weighted by molar-refractivity contribution is 5.94. The first kappa shape index (κ1) is 12.2. The van der Waals surface area contributed by atoms with Gasteiger partial charge in [0, 0.05) is 16.8 Å². The first-order valence-corrected chi connectivity index (χ1v) is 6.21. The van der Waals surface area contributed by atoms with Gasteiger partial charge in [-0.25, -0.2) is 0 Å². The first-order valence-electron chi connectivity index (χ1n) is 6.21. The Morgan fingerprint density at radius 1 is 1.20 bits per heavy atom. The zero-order valence-corrected chi connectivity index (χ0v) is 10.7. The fourth-order valence-corrected chi connectivity index (χ4v) is 2.04. The third kappa shape index (κ3) is 2.47. The van der Waals surface area contributed by atoms with Crippen molar-refractivity contribution >= 4 is 28.3 Å². The number of nitrogens with two attached hydrogens (primary N) is 1. The largest absolute Gasteiger partial charge is 0.399 e. The van der Waals surface area contributed by atoms with Gasteiger partial charge in [0.2, 0.25) is 5.91 Å². The fraction of sp³-hybridized carbons (Fsp3) is 0.0667. The summed E-state index contributed by atoms with van der Waals surface area (Å²) in [6.45, 7) is 0. The van der Waals surface area contributed by atoms with Gasteiger partial charge in [-0.05, 0) is 30.3 Å². The molecule has 0 aliphatic carbocycles. The van der Waals surface area contributed by atoms with E-state index in [1.54, 1.807) is 24.3 Å². The molecule has 0 saturated carbocycles. The smallest absolute Gasteiger partial charge is 0.230 e. The molecule has 0 atom stereocenters. The highest BCUT2D eigenvalue weighted by Gasteiger charge is 2.12. The summed E-state index contributed by atoms with van der Waals surface area (Å²) in [7, 11) is 0. The molecule has 3 rings (SSSR count). The lowest BCUT2D eigenvalue weighted by molar-refractivity contribution is -0.115. The van der Waals surface area contributed by atoms with E-state index in [1.807, 2.05) is 24.3 Å². The van der Waals surface area contributed by atoms with E-state index >= 15 is 0 Å². The number of nitrogens with zero attached hydrogens (tertiary/aromatic N) is 1. The molecule has 2 aromatic carbocycles. The monoisotopic (exact) mass is 267 g/mol. The van der Waals surface area contributed by atoms with Crippen LogP contribution in [-0.2, 0) is 11.2 Å². The number of nitrogen functional groups attached to an aromatic ring is 1. The van der Waals surface area contributed by atoms with Crippen molar-refractivity contribution in [2.24, 2.45) is 0 Å². The molecular formula is C15H13N3O2. The van der Waals surface area contributed by atoms with E-state index in [4.69, 9.17) is 10.3 Å². The van der Waals surface area contributed by atoms with E-state index in [2.05, 4.69) is 10.5 Å². The minimum atomic E-state index is -0.158. The number of aromatic nitrogens is 1. The average molecular weight is 267 g/mol. The standard InChI is InChI=1S/C15H13N3O2/c16-10-4-3-5-11(8-10)17-15(19)9-13-12-6-1-2-7-14(12)20-18-13/h1-8H,9,16H2,(H,17,19). The van der Waals surface area contributed by atoms with Crippen LogP contribution in [0.3, 0.4) is 0 Å². The maximum absolute atomic E-state index is 12.0. The van der Waals surface area contributed by atoms with Crippen molar-refractivity contribution in [1.82, 2.24) is 5.16 Å². The number of rotatable bonds is 3. The summed E-state index contributed by atoms with van der Waals surface area (Å²) in [4.78, 5) is 12.0. The average Bonchev–Trinajstić information content (AvgIpc) is 2.82. The number of amides is 1. The van der Waals surface area contributed by atoms with Crippen LogP contribution in [0.1, 0.15) is 5.69 Å². The third-order valence-electron chi connectivity index (χ3n) is 2.95.